The van der Waals surface area contributed by atoms with E-state index in [1.165, 1.54) is 12.6 Å². The number of oxazole rings is 1. The van der Waals surface area contributed by atoms with Crippen molar-refractivity contribution in [2.75, 3.05) is 26.3 Å². The van der Waals surface area contributed by atoms with Crippen molar-refractivity contribution in [3.8, 4) is 0 Å². The molecule has 0 radical (unpaired) electrons. The van der Waals surface area contributed by atoms with Gasteiger partial charge in [-0.15, -0.1) is 0 Å². The third kappa shape index (κ3) is 6.19. The third-order valence-electron chi connectivity index (χ3n) is 2.95. The Bertz CT molecular complexity index is 579. The lowest BCUT2D eigenvalue weighted by Crippen LogP contribution is -2.43. The molecule has 0 spiro atoms. The second-order valence-electron chi connectivity index (χ2n) is 4.73. The minimum atomic E-state index is -0.259. The SMILES string of the molecule is Clc1ccccc1Cl.O=C(NC1CNCCOC1)c1cnco1. The Morgan fingerprint density at radius 3 is 2.65 bits per heavy atom. The van der Waals surface area contributed by atoms with Crippen molar-refractivity contribution in [1.29, 1.82) is 0 Å². The topological polar surface area (TPSA) is 76.4 Å². The maximum Gasteiger partial charge on any atom is 0.289 e. The van der Waals surface area contributed by atoms with Gasteiger partial charge in [0.1, 0.15) is 0 Å². The second kappa shape index (κ2) is 9.52. The average Bonchev–Trinajstić information content (AvgIpc) is 2.97. The van der Waals surface area contributed by atoms with Gasteiger partial charge in [-0.1, -0.05) is 35.3 Å². The van der Waals surface area contributed by atoms with Crippen LogP contribution >= 0.6 is 23.2 Å². The molecule has 1 aliphatic rings. The van der Waals surface area contributed by atoms with Gasteiger partial charge in [-0.2, -0.15) is 0 Å². The number of carbonyl (C=O) groups is 1. The van der Waals surface area contributed by atoms with Crippen molar-refractivity contribution >= 4 is 29.1 Å². The van der Waals surface area contributed by atoms with Gasteiger partial charge >= 0.3 is 0 Å². The van der Waals surface area contributed by atoms with E-state index in [1.54, 1.807) is 12.1 Å². The molecule has 1 saturated heterocycles. The molecule has 1 aromatic carbocycles. The van der Waals surface area contributed by atoms with Gasteiger partial charge in [-0.3, -0.25) is 4.79 Å². The first kappa shape index (κ1) is 17.7. The lowest BCUT2D eigenvalue weighted by molar-refractivity contribution is 0.0857. The van der Waals surface area contributed by atoms with Crippen molar-refractivity contribution < 1.29 is 13.9 Å². The molecule has 23 heavy (non-hydrogen) atoms. The molecule has 1 atom stereocenters. The van der Waals surface area contributed by atoms with Crippen LogP contribution in [0.3, 0.4) is 0 Å². The molecule has 8 heteroatoms. The van der Waals surface area contributed by atoms with Gasteiger partial charge in [0.25, 0.3) is 5.91 Å². The van der Waals surface area contributed by atoms with Gasteiger partial charge in [0.15, 0.2) is 6.39 Å². The van der Waals surface area contributed by atoms with Crippen LogP contribution in [0.4, 0.5) is 0 Å². The van der Waals surface area contributed by atoms with Gasteiger partial charge in [0.05, 0.1) is 35.5 Å². The van der Waals surface area contributed by atoms with E-state index in [-0.39, 0.29) is 17.7 Å². The highest BCUT2D eigenvalue weighted by Gasteiger charge is 2.17. The Kier molecular flexibility index (Phi) is 7.35. The van der Waals surface area contributed by atoms with Gasteiger partial charge < -0.3 is 19.8 Å². The number of nitrogens with zero attached hydrogens (tertiary/aromatic N) is 1. The lowest BCUT2D eigenvalue weighted by atomic mass is 10.3. The standard InChI is InChI=1S/C9H13N3O3.C6H4Cl2/c13-9(8-4-11-6-15-8)12-7-3-10-1-2-14-5-7;7-5-3-1-2-4-6(5)8/h4,6-7,10H,1-3,5H2,(H,12,13);1-4H. The maximum atomic E-state index is 11.6. The Morgan fingerprint density at radius 2 is 2.04 bits per heavy atom. The van der Waals surface area contributed by atoms with E-state index in [1.807, 2.05) is 12.1 Å². The maximum absolute atomic E-state index is 11.6. The van der Waals surface area contributed by atoms with Crippen molar-refractivity contribution in [2.45, 2.75) is 6.04 Å². The van der Waals surface area contributed by atoms with Crippen LogP contribution in [-0.4, -0.2) is 43.2 Å². The second-order valence-corrected chi connectivity index (χ2v) is 5.54. The molecular weight excluding hydrogens is 341 g/mol. The Morgan fingerprint density at radius 1 is 1.30 bits per heavy atom. The Labute approximate surface area is 144 Å². The van der Waals surface area contributed by atoms with Crippen molar-refractivity contribution in [1.82, 2.24) is 15.6 Å². The predicted octanol–water partition coefficient (Wildman–Crippen LogP) is 2.39. The molecule has 3 rings (SSSR count). The minimum Gasteiger partial charge on any atom is -0.438 e. The third-order valence-corrected chi connectivity index (χ3v) is 3.70. The molecule has 1 amide bonds. The number of nitrogens with one attached hydrogen (secondary N) is 2. The van der Waals surface area contributed by atoms with Crippen LogP contribution in [-0.2, 0) is 4.74 Å². The number of amides is 1. The van der Waals surface area contributed by atoms with Gasteiger partial charge in [0.2, 0.25) is 5.76 Å². The zero-order valence-corrected chi connectivity index (χ0v) is 13.8. The van der Waals surface area contributed by atoms with Crippen molar-refractivity contribution in [2.24, 2.45) is 0 Å². The number of rotatable bonds is 2. The fraction of sp³-hybridized carbons (Fsp3) is 0.333. The number of benzene rings is 1. The fourth-order valence-electron chi connectivity index (χ4n) is 1.82. The first-order chi connectivity index (χ1) is 11.2. The highest BCUT2D eigenvalue weighted by molar-refractivity contribution is 6.41. The van der Waals surface area contributed by atoms with E-state index in [9.17, 15) is 4.79 Å². The number of hydrogen-bond donors (Lipinski definition) is 2. The summed E-state index contributed by atoms with van der Waals surface area (Å²) in [6.45, 7) is 2.72. The van der Waals surface area contributed by atoms with E-state index < -0.39 is 0 Å². The van der Waals surface area contributed by atoms with Crippen LogP contribution in [0.2, 0.25) is 10.0 Å². The lowest BCUT2D eigenvalue weighted by Gasteiger charge is -2.14. The van der Waals surface area contributed by atoms with Crippen LogP contribution in [0, 0.1) is 0 Å². The number of ether oxygens (including phenoxy) is 1. The van der Waals surface area contributed by atoms with Gasteiger partial charge in [-0.05, 0) is 12.1 Å². The molecule has 1 aliphatic heterocycles. The summed E-state index contributed by atoms with van der Waals surface area (Å²) in [5.41, 5.74) is 0. The molecule has 0 saturated carbocycles. The number of hydrogen-bond acceptors (Lipinski definition) is 5. The molecule has 0 bridgehead atoms. The molecule has 0 aliphatic carbocycles. The molecule has 1 aromatic heterocycles. The fourth-order valence-corrected chi connectivity index (χ4v) is 2.09. The van der Waals surface area contributed by atoms with E-state index in [2.05, 4.69) is 15.6 Å². The Balaban J connectivity index is 0.000000203. The highest BCUT2D eigenvalue weighted by Crippen LogP contribution is 2.19. The number of carbonyl (C=O) groups excluding carboxylic acids is 1. The molecular formula is C15H17Cl2N3O3. The minimum absolute atomic E-state index is 0.0231. The molecule has 2 N–H and O–H groups in total. The zero-order chi connectivity index (χ0) is 16.5. The first-order valence-electron chi connectivity index (χ1n) is 7.04. The number of aromatic nitrogens is 1. The van der Waals surface area contributed by atoms with Gasteiger partial charge in [-0.25, -0.2) is 4.98 Å². The molecule has 6 nitrogen and oxygen atoms in total. The van der Waals surface area contributed by atoms with Crippen molar-refractivity contribution in [3.63, 3.8) is 0 Å². The summed E-state index contributed by atoms with van der Waals surface area (Å²) in [4.78, 5) is 15.2. The quantitative estimate of drug-likeness (QED) is 0.862. The van der Waals surface area contributed by atoms with Crippen LogP contribution in [0.5, 0.6) is 0 Å². The van der Waals surface area contributed by atoms with Crippen LogP contribution in [0.25, 0.3) is 0 Å². The predicted molar refractivity (Wildman–Crippen MR) is 87.9 cm³/mol. The highest BCUT2D eigenvalue weighted by atomic mass is 35.5. The average molecular weight is 358 g/mol. The summed E-state index contributed by atoms with van der Waals surface area (Å²) in [7, 11) is 0. The molecule has 2 aromatic rings. The normalized spacial score (nSPS) is 17.6. The first-order valence-corrected chi connectivity index (χ1v) is 7.80. The summed E-state index contributed by atoms with van der Waals surface area (Å²) in [5.74, 6) is -0.0379. The van der Waals surface area contributed by atoms with E-state index in [0.29, 0.717) is 29.8 Å². The summed E-state index contributed by atoms with van der Waals surface area (Å²) < 4.78 is 10.2. The number of halogens is 2. The Hall–Kier alpha value is -1.60. The molecule has 1 unspecified atom stereocenters. The van der Waals surface area contributed by atoms with Crippen LogP contribution in [0.1, 0.15) is 10.6 Å². The summed E-state index contributed by atoms with van der Waals surface area (Å²) in [6, 6.07) is 7.17. The van der Waals surface area contributed by atoms with Gasteiger partial charge in [0, 0.05) is 13.1 Å². The summed E-state index contributed by atoms with van der Waals surface area (Å²) >= 11 is 11.2. The zero-order valence-electron chi connectivity index (χ0n) is 12.3. The molecule has 124 valence electrons. The van der Waals surface area contributed by atoms with E-state index >= 15 is 0 Å². The van der Waals surface area contributed by atoms with Crippen molar-refractivity contribution in [3.05, 3.63) is 52.7 Å². The smallest absolute Gasteiger partial charge is 0.289 e. The monoisotopic (exact) mass is 357 g/mol. The molecule has 2 heterocycles. The van der Waals surface area contributed by atoms with Crippen LogP contribution in [0.15, 0.2) is 41.3 Å². The van der Waals surface area contributed by atoms with E-state index in [0.717, 1.165) is 6.54 Å². The van der Waals surface area contributed by atoms with Crippen LogP contribution < -0.4 is 10.6 Å². The summed E-state index contributed by atoms with van der Waals surface area (Å²) in [5, 5.41) is 7.17. The summed E-state index contributed by atoms with van der Waals surface area (Å²) in [6.07, 6.45) is 2.62. The van der Waals surface area contributed by atoms with E-state index in [4.69, 9.17) is 32.4 Å². The largest absolute Gasteiger partial charge is 0.438 e. The molecule has 1 fully saturated rings.